The van der Waals surface area contributed by atoms with Crippen LogP contribution in [0.5, 0.6) is 0 Å². The molecule has 0 aromatic heterocycles. The second kappa shape index (κ2) is 5.64. The molecule has 3 rings (SSSR count). The van der Waals surface area contributed by atoms with Gasteiger partial charge in [0, 0.05) is 17.1 Å². The molecular weight excluding hydrogens is 358 g/mol. The van der Waals surface area contributed by atoms with Gasteiger partial charge in [-0.05, 0) is 51.2 Å². The van der Waals surface area contributed by atoms with Crippen molar-refractivity contribution in [2.45, 2.75) is 50.7 Å². The number of hydrogen-bond acceptors (Lipinski definition) is 3. The zero-order chi connectivity index (χ0) is 16.8. The smallest absolute Gasteiger partial charge is 0.256 e. The molecule has 4 nitrogen and oxygen atoms in total. The van der Waals surface area contributed by atoms with E-state index >= 15 is 0 Å². The van der Waals surface area contributed by atoms with E-state index in [-0.39, 0.29) is 17.3 Å². The third-order valence-corrected chi connectivity index (χ3v) is 5.97. The van der Waals surface area contributed by atoms with Gasteiger partial charge in [-0.3, -0.25) is 4.79 Å². The van der Waals surface area contributed by atoms with Gasteiger partial charge in [0.05, 0.1) is 16.7 Å². The number of aliphatic hydroxyl groups excluding tert-OH is 1. The first kappa shape index (κ1) is 16.5. The Morgan fingerprint density at radius 3 is 2.48 bits per heavy atom. The second-order valence-corrected chi connectivity index (χ2v) is 7.75. The fourth-order valence-corrected chi connectivity index (χ4v) is 4.22. The largest absolute Gasteiger partial charge is 0.509 e. The number of aryl methyl sites for hydroxylation is 1. The highest BCUT2D eigenvalue weighted by Gasteiger charge is 2.50. The highest BCUT2D eigenvalue weighted by Crippen LogP contribution is 2.45. The van der Waals surface area contributed by atoms with E-state index in [1.807, 2.05) is 25.1 Å². The van der Waals surface area contributed by atoms with Crippen molar-refractivity contribution in [3.63, 3.8) is 0 Å². The molecule has 124 valence electrons. The molecule has 0 atom stereocenters. The molecular formula is C18H22BrNO3. The molecule has 5 heteroatoms. The monoisotopic (exact) mass is 379 g/mol. The van der Waals surface area contributed by atoms with Crippen molar-refractivity contribution < 1.29 is 14.6 Å². The fraction of sp³-hybridized carbons (Fsp3) is 0.500. The summed E-state index contributed by atoms with van der Waals surface area (Å²) in [7, 11) is 1.72. The van der Waals surface area contributed by atoms with Crippen LogP contribution in [0.4, 0.5) is 0 Å². The molecule has 2 N–H and O–H groups in total. The Kier molecular flexibility index (Phi) is 4.05. The van der Waals surface area contributed by atoms with Crippen LogP contribution in [-0.2, 0) is 9.53 Å². The first-order valence-corrected chi connectivity index (χ1v) is 8.67. The van der Waals surface area contributed by atoms with E-state index in [9.17, 15) is 9.90 Å². The molecule has 1 aromatic rings. The number of nitrogens with one attached hydrogen (secondary N) is 1. The maximum Gasteiger partial charge on any atom is 0.256 e. The summed E-state index contributed by atoms with van der Waals surface area (Å²) in [5, 5.41) is 13.9. The van der Waals surface area contributed by atoms with Gasteiger partial charge in [0.25, 0.3) is 5.91 Å². The van der Waals surface area contributed by atoms with Crippen molar-refractivity contribution in [1.29, 1.82) is 0 Å². The average Bonchev–Trinajstić information content (AvgIpc) is 2.75. The van der Waals surface area contributed by atoms with Crippen LogP contribution in [0.3, 0.4) is 0 Å². The van der Waals surface area contributed by atoms with Gasteiger partial charge in [-0.1, -0.05) is 28.1 Å². The van der Waals surface area contributed by atoms with E-state index in [1.165, 1.54) is 0 Å². The van der Waals surface area contributed by atoms with Crippen LogP contribution < -0.4 is 5.32 Å². The van der Waals surface area contributed by atoms with Crippen molar-refractivity contribution in [3.05, 3.63) is 39.6 Å². The van der Waals surface area contributed by atoms with Crippen LogP contribution in [0.1, 0.15) is 43.7 Å². The molecule has 1 saturated carbocycles. The standard InChI is InChI=1S/C18H22BrNO3/c1-11-4-5-12(13(19)10-11)14-15(21)18(20-16(14)22)8-6-17(2,23-3)7-9-18/h4-5,10,21H,6-9H2,1-3H3,(H,20,22). The van der Waals surface area contributed by atoms with Gasteiger partial charge in [0.1, 0.15) is 5.76 Å². The van der Waals surface area contributed by atoms with Crippen molar-refractivity contribution in [2.75, 3.05) is 7.11 Å². The topological polar surface area (TPSA) is 58.6 Å². The van der Waals surface area contributed by atoms with Gasteiger partial charge in [-0.25, -0.2) is 0 Å². The highest BCUT2D eigenvalue weighted by atomic mass is 79.9. The van der Waals surface area contributed by atoms with Gasteiger partial charge in [0.2, 0.25) is 0 Å². The summed E-state index contributed by atoms with van der Waals surface area (Å²) in [5.74, 6) is -0.0294. The molecule has 1 aliphatic heterocycles. The molecule has 23 heavy (non-hydrogen) atoms. The predicted octanol–water partition coefficient (Wildman–Crippen LogP) is 3.87. The van der Waals surface area contributed by atoms with Gasteiger partial charge in [-0.2, -0.15) is 0 Å². The Balaban J connectivity index is 1.98. The van der Waals surface area contributed by atoms with E-state index in [1.54, 1.807) is 7.11 Å². The number of hydrogen-bond donors (Lipinski definition) is 2. The second-order valence-electron chi connectivity index (χ2n) is 6.90. The summed E-state index contributed by atoms with van der Waals surface area (Å²) in [6.45, 7) is 4.07. The van der Waals surface area contributed by atoms with Crippen LogP contribution in [-0.4, -0.2) is 29.3 Å². The zero-order valence-corrected chi connectivity index (χ0v) is 15.3. The summed E-state index contributed by atoms with van der Waals surface area (Å²) in [4.78, 5) is 12.5. The molecule has 0 saturated heterocycles. The quantitative estimate of drug-likeness (QED) is 0.819. The van der Waals surface area contributed by atoms with Crippen molar-refractivity contribution in [3.8, 4) is 0 Å². The minimum absolute atomic E-state index is 0.171. The third-order valence-electron chi connectivity index (χ3n) is 5.32. The van der Waals surface area contributed by atoms with Gasteiger partial charge in [0.15, 0.2) is 0 Å². The maximum atomic E-state index is 12.5. The Hall–Kier alpha value is -1.33. The lowest BCUT2D eigenvalue weighted by atomic mass is 9.74. The Bertz CT molecular complexity index is 688. The van der Waals surface area contributed by atoms with Crippen LogP contribution in [0.25, 0.3) is 5.57 Å². The molecule has 2 aliphatic rings. The minimum atomic E-state index is -0.644. The molecule has 0 bridgehead atoms. The van der Waals surface area contributed by atoms with Gasteiger partial charge < -0.3 is 15.2 Å². The lowest BCUT2D eigenvalue weighted by molar-refractivity contribution is -0.117. The average molecular weight is 380 g/mol. The van der Waals surface area contributed by atoms with Gasteiger partial charge in [-0.15, -0.1) is 0 Å². The number of benzene rings is 1. The summed E-state index contributed by atoms with van der Waals surface area (Å²) < 4.78 is 6.39. The highest BCUT2D eigenvalue weighted by molar-refractivity contribution is 9.10. The summed E-state index contributed by atoms with van der Waals surface area (Å²) in [6.07, 6.45) is 2.97. The molecule has 1 aliphatic carbocycles. The molecule has 1 amide bonds. The number of carbonyl (C=O) groups excluding carboxylic acids is 1. The first-order valence-electron chi connectivity index (χ1n) is 7.88. The number of amides is 1. The number of carbonyl (C=O) groups is 1. The van der Waals surface area contributed by atoms with Crippen LogP contribution in [0, 0.1) is 6.92 Å². The number of halogens is 1. The lowest BCUT2D eigenvalue weighted by Crippen LogP contribution is -2.51. The molecule has 1 fully saturated rings. The SMILES string of the molecule is COC1(C)CCC2(CC1)NC(=O)C(c1ccc(C)cc1Br)=C2O. The number of ether oxygens (including phenoxy) is 1. The molecule has 1 spiro atoms. The number of methoxy groups -OCH3 is 1. The van der Waals surface area contributed by atoms with Gasteiger partial charge >= 0.3 is 0 Å². The summed E-state index contributed by atoms with van der Waals surface area (Å²) >= 11 is 3.51. The lowest BCUT2D eigenvalue weighted by Gasteiger charge is -2.42. The first-order chi connectivity index (χ1) is 10.8. The van der Waals surface area contributed by atoms with E-state index < -0.39 is 5.54 Å². The van der Waals surface area contributed by atoms with Crippen molar-refractivity contribution in [2.24, 2.45) is 0 Å². The normalized spacial score (nSPS) is 30.9. The Morgan fingerprint density at radius 1 is 1.26 bits per heavy atom. The van der Waals surface area contributed by atoms with Crippen molar-refractivity contribution in [1.82, 2.24) is 5.32 Å². The maximum absolute atomic E-state index is 12.5. The molecule has 0 unspecified atom stereocenters. The predicted molar refractivity (Wildman–Crippen MR) is 93.2 cm³/mol. The van der Waals surface area contributed by atoms with E-state index in [0.717, 1.165) is 28.4 Å². The van der Waals surface area contributed by atoms with Crippen LogP contribution in [0.15, 0.2) is 28.4 Å². The van der Waals surface area contributed by atoms with Crippen LogP contribution in [0.2, 0.25) is 0 Å². The van der Waals surface area contributed by atoms with E-state index in [4.69, 9.17) is 4.74 Å². The Morgan fingerprint density at radius 2 is 1.91 bits per heavy atom. The van der Waals surface area contributed by atoms with E-state index in [2.05, 4.69) is 28.2 Å². The Labute approximate surface area is 145 Å². The number of aliphatic hydroxyl groups is 1. The molecule has 0 radical (unpaired) electrons. The minimum Gasteiger partial charge on any atom is -0.509 e. The van der Waals surface area contributed by atoms with Crippen molar-refractivity contribution >= 4 is 27.4 Å². The summed E-state index contributed by atoms with van der Waals surface area (Å²) in [5.41, 5.74) is 1.40. The third kappa shape index (κ3) is 2.70. The molecule has 1 heterocycles. The fourth-order valence-electron chi connectivity index (χ4n) is 3.53. The van der Waals surface area contributed by atoms with E-state index in [0.29, 0.717) is 18.4 Å². The number of rotatable bonds is 2. The zero-order valence-electron chi connectivity index (χ0n) is 13.7. The summed E-state index contributed by atoms with van der Waals surface area (Å²) in [6, 6.07) is 5.78. The van der Waals surface area contributed by atoms with Crippen LogP contribution >= 0.6 is 15.9 Å². The molecule has 1 aromatic carbocycles.